The van der Waals surface area contributed by atoms with Crippen LogP contribution in [0.15, 0.2) is 16.8 Å². The number of aliphatic hydroxyl groups is 1. The fourth-order valence-corrected chi connectivity index (χ4v) is 2.49. The Kier molecular flexibility index (Phi) is 7.39. The molecule has 1 rings (SSSR count). The highest BCUT2D eigenvalue weighted by atomic mass is 32.1. The van der Waals surface area contributed by atoms with Crippen molar-refractivity contribution in [1.29, 1.82) is 0 Å². The molecule has 0 spiro atoms. The zero-order chi connectivity index (χ0) is 15.7. The summed E-state index contributed by atoms with van der Waals surface area (Å²) >= 11 is 1.47. The third kappa shape index (κ3) is 7.24. The monoisotopic (exact) mass is 312 g/mol. The van der Waals surface area contributed by atoms with Gasteiger partial charge in [0.25, 0.3) is 5.91 Å². The van der Waals surface area contributed by atoms with Crippen molar-refractivity contribution in [3.05, 3.63) is 22.4 Å². The summed E-state index contributed by atoms with van der Waals surface area (Å²) in [6.07, 6.45) is 1.87. The summed E-state index contributed by atoms with van der Waals surface area (Å²) in [7, 11) is 0. The van der Waals surface area contributed by atoms with Crippen LogP contribution in [0.3, 0.4) is 0 Å². The number of nitrogens with one attached hydrogen (secondary N) is 2. The zero-order valence-corrected chi connectivity index (χ0v) is 13.5. The van der Waals surface area contributed by atoms with E-state index in [9.17, 15) is 9.59 Å². The second kappa shape index (κ2) is 8.79. The Morgan fingerprint density at radius 1 is 1.33 bits per heavy atom. The van der Waals surface area contributed by atoms with Crippen molar-refractivity contribution in [2.75, 3.05) is 19.7 Å². The number of carbonyl (C=O) groups is 2. The van der Waals surface area contributed by atoms with Gasteiger partial charge in [-0.2, -0.15) is 11.3 Å². The van der Waals surface area contributed by atoms with Crippen molar-refractivity contribution in [3.8, 4) is 0 Å². The zero-order valence-electron chi connectivity index (χ0n) is 12.6. The summed E-state index contributed by atoms with van der Waals surface area (Å²) in [6, 6.07) is 1.75. The molecular formula is C15H24N2O3S. The van der Waals surface area contributed by atoms with E-state index in [0.29, 0.717) is 18.7 Å². The van der Waals surface area contributed by atoms with E-state index in [2.05, 4.69) is 24.5 Å². The van der Waals surface area contributed by atoms with Gasteiger partial charge in [-0.05, 0) is 29.7 Å². The fraction of sp³-hybridized carbons (Fsp3) is 0.600. The van der Waals surface area contributed by atoms with Crippen molar-refractivity contribution < 1.29 is 14.7 Å². The molecule has 0 aliphatic rings. The molecule has 1 heterocycles. The summed E-state index contributed by atoms with van der Waals surface area (Å²) in [5.74, 6) is -0.218. The van der Waals surface area contributed by atoms with Crippen molar-refractivity contribution >= 4 is 23.2 Å². The standard InChI is InChI=1S/C15H24N2O3S/c1-15(2,6-3-8-18)11-17-13(19)4-7-16-14(20)12-5-9-21-10-12/h5,9-10,18H,3-4,6-8,11H2,1-2H3,(H,16,20)(H,17,19). The van der Waals surface area contributed by atoms with Gasteiger partial charge in [-0.1, -0.05) is 13.8 Å². The first kappa shape index (κ1) is 17.7. The van der Waals surface area contributed by atoms with E-state index in [1.54, 1.807) is 11.4 Å². The van der Waals surface area contributed by atoms with Crippen LogP contribution in [0.2, 0.25) is 0 Å². The lowest BCUT2D eigenvalue weighted by Crippen LogP contribution is -2.36. The van der Waals surface area contributed by atoms with Gasteiger partial charge < -0.3 is 15.7 Å². The van der Waals surface area contributed by atoms with Gasteiger partial charge in [-0.3, -0.25) is 9.59 Å². The Morgan fingerprint density at radius 3 is 2.71 bits per heavy atom. The van der Waals surface area contributed by atoms with Crippen LogP contribution in [0.4, 0.5) is 0 Å². The molecule has 0 aliphatic carbocycles. The smallest absolute Gasteiger partial charge is 0.252 e. The molecule has 0 unspecified atom stereocenters. The van der Waals surface area contributed by atoms with E-state index >= 15 is 0 Å². The third-order valence-corrected chi connectivity index (χ3v) is 3.88. The van der Waals surface area contributed by atoms with Crippen molar-refractivity contribution in [2.45, 2.75) is 33.1 Å². The molecule has 5 nitrogen and oxygen atoms in total. The Morgan fingerprint density at radius 2 is 2.10 bits per heavy atom. The Balaban J connectivity index is 2.18. The molecule has 0 atom stereocenters. The number of carbonyl (C=O) groups excluding carboxylic acids is 2. The maximum absolute atomic E-state index is 11.7. The van der Waals surface area contributed by atoms with Crippen LogP contribution in [0, 0.1) is 5.41 Å². The van der Waals surface area contributed by atoms with Crippen LogP contribution in [0.25, 0.3) is 0 Å². The summed E-state index contributed by atoms with van der Waals surface area (Å²) < 4.78 is 0. The number of amides is 2. The molecule has 6 heteroatoms. The Hall–Kier alpha value is -1.40. The Labute approximate surface area is 129 Å². The molecule has 0 aromatic carbocycles. The SMILES string of the molecule is CC(C)(CCCO)CNC(=O)CCNC(=O)c1ccsc1. The van der Waals surface area contributed by atoms with Gasteiger partial charge >= 0.3 is 0 Å². The first-order valence-corrected chi connectivity index (χ1v) is 8.07. The lowest BCUT2D eigenvalue weighted by molar-refractivity contribution is -0.121. The first-order valence-electron chi connectivity index (χ1n) is 7.12. The molecule has 0 fully saturated rings. The number of hydrogen-bond acceptors (Lipinski definition) is 4. The molecular weight excluding hydrogens is 288 g/mol. The normalized spacial score (nSPS) is 11.2. The average Bonchev–Trinajstić information content (AvgIpc) is 2.97. The molecule has 1 aromatic rings. The van der Waals surface area contributed by atoms with Crippen LogP contribution >= 0.6 is 11.3 Å². The minimum atomic E-state index is -0.146. The van der Waals surface area contributed by atoms with Gasteiger partial charge in [0.15, 0.2) is 0 Å². The van der Waals surface area contributed by atoms with E-state index in [4.69, 9.17) is 5.11 Å². The fourth-order valence-electron chi connectivity index (χ4n) is 1.86. The summed E-state index contributed by atoms with van der Waals surface area (Å²) in [5.41, 5.74) is 0.601. The van der Waals surface area contributed by atoms with E-state index in [-0.39, 0.29) is 30.3 Å². The number of thiophene rings is 1. The summed E-state index contributed by atoms with van der Waals surface area (Å²) in [4.78, 5) is 23.4. The lowest BCUT2D eigenvalue weighted by Gasteiger charge is -2.24. The largest absolute Gasteiger partial charge is 0.396 e. The summed E-state index contributed by atoms with van der Waals surface area (Å²) in [5, 5.41) is 18.0. The molecule has 21 heavy (non-hydrogen) atoms. The van der Waals surface area contributed by atoms with Gasteiger partial charge in [0.05, 0.1) is 0 Å². The molecule has 2 amide bonds. The molecule has 0 radical (unpaired) electrons. The number of rotatable bonds is 9. The highest BCUT2D eigenvalue weighted by Crippen LogP contribution is 2.20. The molecule has 0 saturated heterocycles. The maximum Gasteiger partial charge on any atom is 0.252 e. The van der Waals surface area contributed by atoms with Gasteiger partial charge in [0, 0.05) is 37.1 Å². The third-order valence-electron chi connectivity index (χ3n) is 3.20. The number of aliphatic hydroxyl groups excluding tert-OH is 1. The first-order chi connectivity index (χ1) is 9.94. The van der Waals surface area contributed by atoms with Crippen LogP contribution in [-0.4, -0.2) is 36.6 Å². The van der Waals surface area contributed by atoms with Crippen molar-refractivity contribution in [3.63, 3.8) is 0 Å². The second-order valence-corrected chi connectivity index (χ2v) is 6.57. The van der Waals surface area contributed by atoms with Crippen molar-refractivity contribution in [2.24, 2.45) is 5.41 Å². The number of hydrogen-bond donors (Lipinski definition) is 3. The van der Waals surface area contributed by atoms with Crippen LogP contribution < -0.4 is 10.6 Å². The minimum absolute atomic E-state index is 0.0294. The van der Waals surface area contributed by atoms with Gasteiger partial charge in [0.1, 0.15) is 0 Å². The second-order valence-electron chi connectivity index (χ2n) is 5.79. The molecule has 0 bridgehead atoms. The molecule has 3 N–H and O–H groups in total. The Bertz CT molecular complexity index is 444. The highest BCUT2D eigenvalue weighted by Gasteiger charge is 2.18. The van der Waals surface area contributed by atoms with E-state index in [1.165, 1.54) is 11.3 Å². The van der Waals surface area contributed by atoms with E-state index < -0.39 is 0 Å². The van der Waals surface area contributed by atoms with Gasteiger partial charge in [-0.15, -0.1) is 0 Å². The predicted octanol–water partition coefficient (Wildman–Crippen LogP) is 1.78. The topological polar surface area (TPSA) is 78.4 Å². The average molecular weight is 312 g/mol. The van der Waals surface area contributed by atoms with Crippen LogP contribution in [-0.2, 0) is 4.79 Å². The van der Waals surface area contributed by atoms with Gasteiger partial charge in [0.2, 0.25) is 5.91 Å². The van der Waals surface area contributed by atoms with Gasteiger partial charge in [-0.25, -0.2) is 0 Å². The lowest BCUT2D eigenvalue weighted by atomic mass is 9.88. The van der Waals surface area contributed by atoms with Crippen molar-refractivity contribution in [1.82, 2.24) is 10.6 Å². The highest BCUT2D eigenvalue weighted by molar-refractivity contribution is 7.08. The minimum Gasteiger partial charge on any atom is -0.396 e. The summed E-state index contributed by atoms with van der Waals surface area (Å²) in [6.45, 7) is 5.19. The molecule has 118 valence electrons. The maximum atomic E-state index is 11.7. The molecule has 0 saturated carbocycles. The van der Waals surface area contributed by atoms with Crippen LogP contribution in [0.5, 0.6) is 0 Å². The predicted molar refractivity (Wildman–Crippen MR) is 84.4 cm³/mol. The van der Waals surface area contributed by atoms with Crippen LogP contribution in [0.1, 0.15) is 43.5 Å². The van der Waals surface area contributed by atoms with E-state index in [1.807, 2.05) is 5.38 Å². The quantitative estimate of drug-likeness (QED) is 0.650. The van der Waals surface area contributed by atoms with E-state index in [0.717, 1.165) is 12.8 Å². The molecule has 0 aliphatic heterocycles. The molecule has 1 aromatic heterocycles.